The van der Waals surface area contributed by atoms with Crippen molar-refractivity contribution in [3.63, 3.8) is 0 Å². The second-order valence-electron chi connectivity index (χ2n) is 6.75. The minimum Gasteiger partial charge on any atom is -0.399 e. The maximum absolute atomic E-state index is 8.38. The van der Waals surface area contributed by atoms with Gasteiger partial charge in [-0.1, -0.05) is 6.04 Å². The van der Waals surface area contributed by atoms with Crippen LogP contribution in [-0.4, -0.2) is 36.5 Å². The van der Waals surface area contributed by atoms with Crippen molar-refractivity contribution in [1.29, 1.82) is 0 Å². The van der Waals surface area contributed by atoms with Gasteiger partial charge in [-0.3, -0.25) is 4.98 Å². The lowest BCUT2D eigenvalue weighted by Gasteiger charge is -2.32. The predicted molar refractivity (Wildman–Crippen MR) is 82.7 cm³/mol. The van der Waals surface area contributed by atoms with Gasteiger partial charge in [0.05, 0.1) is 15.3 Å². The topological polar surface area (TPSA) is 40.6 Å². The van der Waals surface area contributed by atoms with Crippen LogP contribution in [0.4, 0.5) is 0 Å². The largest absolute Gasteiger partial charge is 0.496 e. The molecule has 1 aromatic heterocycles. The van der Waals surface area contributed by atoms with Gasteiger partial charge >= 0.3 is 7.12 Å². The Hall–Kier alpha value is -0.905. The lowest BCUT2D eigenvalue weighted by Crippen LogP contribution is -2.41. The highest BCUT2D eigenvalue weighted by Gasteiger charge is 2.51. The molecule has 0 unspecified atom stereocenters. The standard InChI is InChI=1S/C16H24BNO3/c1-15(2)16(3,4)21-17(20-15)13-5-6-14(18-11-13)12-7-9-19-10-8-12/h5-6,11-12H,7-10H2,1-4H3/i5D,6D,11D. The summed E-state index contributed by atoms with van der Waals surface area (Å²) < 4.78 is 42.3. The van der Waals surface area contributed by atoms with Crippen LogP contribution in [0, 0.1) is 0 Å². The maximum atomic E-state index is 8.38. The molecule has 3 rings (SSSR count). The van der Waals surface area contributed by atoms with Crippen LogP contribution < -0.4 is 5.46 Å². The van der Waals surface area contributed by atoms with Crippen molar-refractivity contribution >= 4 is 12.6 Å². The summed E-state index contributed by atoms with van der Waals surface area (Å²) in [4.78, 5) is 4.34. The van der Waals surface area contributed by atoms with E-state index in [-0.39, 0.29) is 29.6 Å². The number of pyridine rings is 1. The fraction of sp³-hybridized carbons (Fsp3) is 0.688. The van der Waals surface area contributed by atoms with E-state index in [1.54, 1.807) is 0 Å². The van der Waals surface area contributed by atoms with Crippen LogP contribution in [0.15, 0.2) is 18.3 Å². The molecule has 1 aromatic rings. The van der Waals surface area contributed by atoms with Crippen LogP contribution in [0.1, 0.15) is 56.3 Å². The van der Waals surface area contributed by atoms with Crippen LogP contribution in [0.3, 0.4) is 0 Å². The zero-order valence-corrected chi connectivity index (χ0v) is 13.2. The minimum atomic E-state index is -0.838. The van der Waals surface area contributed by atoms with Crippen molar-refractivity contribution in [2.24, 2.45) is 0 Å². The molecule has 2 saturated heterocycles. The molecule has 4 nitrogen and oxygen atoms in total. The van der Waals surface area contributed by atoms with Crippen molar-refractivity contribution in [2.75, 3.05) is 13.2 Å². The molecule has 0 spiro atoms. The summed E-state index contributed by atoms with van der Waals surface area (Å²) in [6.07, 6.45) is 1.51. The van der Waals surface area contributed by atoms with Gasteiger partial charge in [0.2, 0.25) is 0 Å². The number of hydrogen-bond acceptors (Lipinski definition) is 4. The molecular formula is C16H24BNO3. The molecule has 21 heavy (non-hydrogen) atoms. The van der Waals surface area contributed by atoms with Gasteiger partial charge in [-0.05, 0) is 46.6 Å². The Bertz CT molecular complexity index is 632. The molecule has 0 aliphatic carbocycles. The van der Waals surface area contributed by atoms with Gasteiger partial charge in [0.1, 0.15) is 0 Å². The van der Waals surface area contributed by atoms with Gasteiger partial charge in [0, 0.05) is 36.5 Å². The summed E-state index contributed by atoms with van der Waals surface area (Å²) in [7, 11) is -0.838. The molecule has 114 valence electrons. The molecule has 0 amide bonds. The molecule has 2 aliphatic rings. The first-order chi connectivity index (χ1) is 11.1. The molecule has 3 heterocycles. The lowest BCUT2D eigenvalue weighted by atomic mass is 9.80. The van der Waals surface area contributed by atoms with Gasteiger partial charge < -0.3 is 14.0 Å². The van der Waals surface area contributed by atoms with E-state index in [9.17, 15) is 0 Å². The average molecular weight is 292 g/mol. The van der Waals surface area contributed by atoms with Crippen LogP contribution >= 0.6 is 0 Å². The Morgan fingerprint density at radius 3 is 2.38 bits per heavy atom. The van der Waals surface area contributed by atoms with Crippen molar-refractivity contribution < 1.29 is 18.2 Å². The highest BCUT2D eigenvalue weighted by atomic mass is 16.7. The molecule has 0 saturated carbocycles. The molecule has 0 aromatic carbocycles. The molecule has 0 N–H and O–H groups in total. The lowest BCUT2D eigenvalue weighted by molar-refractivity contribution is 0.00578. The van der Waals surface area contributed by atoms with Crippen LogP contribution in [0.2, 0.25) is 0 Å². The zero-order chi connectivity index (χ0) is 17.7. The Kier molecular flexibility index (Phi) is 2.98. The summed E-state index contributed by atoms with van der Waals surface area (Å²) in [6.45, 7) is 8.95. The normalized spacial score (nSPS) is 27.2. The Labute approximate surface area is 131 Å². The first-order valence-corrected chi connectivity index (χ1v) is 7.55. The third-order valence-electron chi connectivity index (χ3n) is 4.72. The second kappa shape index (κ2) is 5.38. The number of hydrogen-bond donors (Lipinski definition) is 0. The quantitative estimate of drug-likeness (QED) is 0.784. The molecule has 5 heteroatoms. The Morgan fingerprint density at radius 1 is 1.14 bits per heavy atom. The van der Waals surface area contributed by atoms with E-state index in [1.165, 1.54) is 0 Å². The van der Waals surface area contributed by atoms with Crippen molar-refractivity contribution in [3.05, 3.63) is 24.0 Å². The van der Waals surface area contributed by atoms with E-state index in [0.717, 1.165) is 12.8 Å². The molecule has 0 bridgehead atoms. The fourth-order valence-corrected chi connectivity index (χ4v) is 2.54. The van der Waals surface area contributed by atoms with Gasteiger partial charge in [-0.25, -0.2) is 0 Å². The minimum absolute atomic E-state index is 0.0185. The van der Waals surface area contributed by atoms with Gasteiger partial charge in [-0.15, -0.1) is 0 Å². The van der Waals surface area contributed by atoms with Crippen molar-refractivity contribution in [2.45, 2.75) is 57.7 Å². The predicted octanol–water partition coefficient (Wildman–Crippen LogP) is 2.27. The Balaban J connectivity index is 1.97. The summed E-state index contributed by atoms with van der Waals surface area (Å²) in [5.41, 5.74) is -0.348. The van der Waals surface area contributed by atoms with Crippen molar-refractivity contribution in [1.82, 2.24) is 4.98 Å². The highest BCUT2D eigenvalue weighted by molar-refractivity contribution is 6.62. The van der Waals surface area contributed by atoms with E-state index in [0.29, 0.717) is 18.9 Å². The van der Waals surface area contributed by atoms with Gasteiger partial charge in [-0.2, -0.15) is 0 Å². The van der Waals surface area contributed by atoms with Crippen LogP contribution in [0.25, 0.3) is 0 Å². The van der Waals surface area contributed by atoms with E-state index in [2.05, 4.69) is 4.98 Å². The van der Waals surface area contributed by atoms with E-state index >= 15 is 0 Å². The van der Waals surface area contributed by atoms with Gasteiger partial charge in [0.15, 0.2) is 0 Å². The first-order valence-electron chi connectivity index (χ1n) is 9.05. The molecular weight excluding hydrogens is 265 g/mol. The molecule has 2 fully saturated rings. The van der Waals surface area contributed by atoms with E-state index in [4.69, 9.17) is 18.2 Å². The second-order valence-corrected chi connectivity index (χ2v) is 6.75. The maximum Gasteiger partial charge on any atom is 0.496 e. The molecule has 0 radical (unpaired) electrons. The summed E-state index contributed by atoms with van der Waals surface area (Å²) >= 11 is 0. The van der Waals surface area contributed by atoms with E-state index in [1.807, 2.05) is 27.7 Å². The summed E-state index contributed by atoms with van der Waals surface area (Å²) in [5, 5.41) is 0. The average Bonchev–Trinajstić information content (AvgIpc) is 2.72. The summed E-state index contributed by atoms with van der Waals surface area (Å²) in [6, 6.07) is 0.0533. The Morgan fingerprint density at radius 2 is 1.76 bits per heavy atom. The van der Waals surface area contributed by atoms with Crippen LogP contribution in [-0.2, 0) is 14.0 Å². The number of ether oxygens (including phenoxy) is 1. The number of aromatic nitrogens is 1. The molecule has 0 atom stereocenters. The smallest absolute Gasteiger partial charge is 0.399 e. The van der Waals surface area contributed by atoms with Crippen LogP contribution in [0.5, 0.6) is 0 Å². The first kappa shape index (κ1) is 11.6. The monoisotopic (exact) mass is 292 g/mol. The van der Waals surface area contributed by atoms with E-state index < -0.39 is 18.3 Å². The van der Waals surface area contributed by atoms with Crippen molar-refractivity contribution in [3.8, 4) is 0 Å². The molecule has 2 aliphatic heterocycles. The van der Waals surface area contributed by atoms with Gasteiger partial charge in [0.25, 0.3) is 0 Å². The SMILES string of the molecule is [2H]c1nc(C2CCOCC2)c([2H])c([2H])c1B1OC(C)(C)C(C)(C)O1. The highest BCUT2D eigenvalue weighted by Crippen LogP contribution is 2.36. The zero-order valence-electron chi connectivity index (χ0n) is 16.2. The summed E-state index contributed by atoms with van der Waals surface area (Å²) in [5.74, 6) is 0.0757. The fourth-order valence-electron chi connectivity index (χ4n) is 2.54. The number of nitrogens with zero attached hydrogens (tertiary/aromatic N) is 1. The third-order valence-corrected chi connectivity index (χ3v) is 4.72. The third kappa shape index (κ3) is 2.87. The number of rotatable bonds is 2.